The molecule has 0 aliphatic heterocycles. The van der Waals surface area contributed by atoms with Crippen LogP contribution in [-0.2, 0) is 14.8 Å². The topological polar surface area (TPSA) is 163 Å². The minimum absolute atomic E-state index is 0.0583. The number of carbonyl (C=O) groups is 1. The second kappa shape index (κ2) is 12.4. The Hall–Kier alpha value is -5.40. The molecule has 0 atom stereocenters. The molecule has 0 fully saturated rings. The van der Waals surface area contributed by atoms with Crippen molar-refractivity contribution in [3.05, 3.63) is 109 Å². The smallest absolute Gasteiger partial charge is 0.318 e. The van der Waals surface area contributed by atoms with Crippen LogP contribution in [0.25, 0.3) is 16.9 Å². The standard InChI is InChI=1S/C29H26N8O4S/c1-20(21-12-14-24(15-13-21)42(40,41)31-18-25(38)39)35-36-27-26(22-8-4-2-5-9-22)28(37-17-16-30-19-37)34-29(33-27)32-23-10-6-3-7-11-23/h2-17,19,31H,18H2,1H3,(H,38,39)(H2,32,33,34,36). The van der Waals surface area contributed by atoms with Crippen LogP contribution in [0.3, 0.4) is 0 Å². The molecule has 3 aromatic carbocycles. The number of benzene rings is 3. The third-order valence-electron chi connectivity index (χ3n) is 6.06. The highest BCUT2D eigenvalue weighted by Gasteiger charge is 2.19. The minimum Gasteiger partial charge on any atom is -0.480 e. The van der Waals surface area contributed by atoms with Crippen molar-refractivity contribution >= 4 is 39.2 Å². The minimum atomic E-state index is -3.96. The molecule has 0 saturated heterocycles. The molecule has 4 N–H and O–H groups in total. The summed E-state index contributed by atoms with van der Waals surface area (Å²) in [6.45, 7) is 1.06. The Balaban J connectivity index is 1.52. The highest BCUT2D eigenvalue weighted by Crippen LogP contribution is 2.33. The predicted molar refractivity (Wildman–Crippen MR) is 159 cm³/mol. The van der Waals surface area contributed by atoms with E-state index in [1.807, 2.05) is 65.4 Å². The molecule has 212 valence electrons. The van der Waals surface area contributed by atoms with E-state index in [2.05, 4.69) is 20.8 Å². The molecule has 0 aliphatic carbocycles. The van der Waals surface area contributed by atoms with Crippen molar-refractivity contribution in [3.8, 4) is 16.9 Å². The SMILES string of the molecule is CC(=NNc1nc(Nc2ccccc2)nc(-n2ccnc2)c1-c1ccccc1)c1ccc(S(=O)(=O)NCC(=O)O)cc1. The fourth-order valence-electron chi connectivity index (χ4n) is 3.99. The first kappa shape index (κ1) is 28.1. The van der Waals surface area contributed by atoms with Gasteiger partial charge >= 0.3 is 5.97 Å². The highest BCUT2D eigenvalue weighted by molar-refractivity contribution is 7.89. The van der Waals surface area contributed by atoms with Crippen LogP contribution in [0.4, 0.5) is 17.5 Å². The maximum Gasteiger partial charge on any atom is 0.318 e. The van der Waals surface area contributed by atoms with E-state index in [4.69, 9.17) is 15.1 Å². The fraction of sp³-hybridized carbons (Fsp3) is 0.0690. The van der Waals surface area contributed by atoms with Gasteiger partial charge in [0.05, 0.1) is 16.2 Å². The molecule has 13 heteroatoms. The lowest BCUT2D eigenvalue weighted by Crippen LogP contribution is -2.29. The number of sulfonamides is 1. The van der Waals surface area contributed by atoms with Crippen molar-refractivity contribution in [2.75, 3.05) is 17.3 Å². The summed E-state index contributed by atoms with van der Waals surface area (Å²) in [5.41, 5.74) is 6.63. The quantitative estimate of drug-likeness (QED) is 0.132. The van der Waals surface area contributed by atoms with Gasteiger partial charge in [-0.2, -0.15) is 19.8 Å². The van der Waals surface area contributed by atoms with Crippen LogP contribution in [0.5, 0.6) is 0 Å². The zero-order chi connectivity index (χ0) is 29.5. The number of hydrogen-bond acceptors (Lipinski definition) is 9. The molecule has 0 amide bonds. The van der Waals surface area contributed by atoms with E-state index in [0.29, 0.717) is 34.4 Å². The Bertz CT molecular complexity index is 1810. The number of rotatable bonds is 11. The first-order valence-corrected chi connectivity index (χ1v) is 14.2. The average Bonchev–Trinajstić information content (AvgIpc) is 3.55. The summed E-state index contributed by atoms with van der Waals surface area (Å²) in [7, 11) is -3.96. The summed E-state index contributed by atoms with van der Waals surface area (Å²) in [6.07, 6.45) is 5.11. The summed E-state index contributed by atoms with van der Waals surface area (Å²) in [6, 6.07) is 25.1. The maximum absolute atomic E-state index is 12.3. The third-order valence-corrected chi connectivity index (χ3v) is 7.47. The van der Waals surface area contributed by atoms with Crippen molar-refractivity contribution in [2.24, 2.45) is 5.10 Å². The van der Waals surface area contributed by atoms with E-state index in [9.17, 15) is 13.2 Å². The number of hydrazone groups is 1. The van der Waals surface area contributed by atoms with Gasteiger partial charge in [0.1, 0.15) is 12.9 Å². The predicted octanol–water partition coefficient (Wildman–Crippen LogP) is 4.27. The van der Waals surface area contributed by atoms with E-state index in [0.717, 1.165) is 11.3 Å². The largest absolute Gasteiger partial charge is 0.480 e. The zero-order valence-electron chi connectivity index (χ0n) is 22.3. The van der Waals surface area contributed by atoms with Crippen LogP contribution in [0.15, 0.2) is 114 Å². The van der Waals surface area contributed by atoms with E-state index in [1.54, 1.807) is 42.3 Å². The Morgan fingerprint density at radius 3 is 2.29 bits per heavy atom. The van der Waals surface area contributed by atoms with Crippen LogP contribution in [-0.4, -0.2) is 51.3 Å². The molecule has 0 saturated carbocycles. The second-order valence-electron chi connectivity index (χ2n) is 8.97. The average molecular weight is 583 g/mol. The lowest BCUT2D eigenvalue weighted by atomic mass is 10.1. The van der Waals surface area contributed by atoms with Gasteiger partial charge in [0.25, 0.3) is 0 Å². The summed E-state index contributed by atoms with van der Waals surface area (Å²) in [4.78, 5) is 24.4. The normalized spacial score (nSPS) is 11.7. The molecule has 5 rings (SSSR count). The summed E-state index contributed by atoms with van der Waals surface area (Å²) in [5.74, 6) is 0.0613. The van der Waals surface area contributed by atoms with Crippen LogP contribution in [0.2, 0.25) is 0 Å². The molecule has 12 nitrogen and oxygen atoms in total. The Morgan fingerprint density at radius 2 is 1.64 bits per heavy atom. The highest BCUT2D eigenvalue weighted by atomic mass is 32.2. The summed E-state index contributed by atoms with van der Waals surface area (Å²) < 4.78 is 28.5. The van der Waals surface area contributed by atoms with E-state index in [1.165, 1.54) is 12.1 Å². The molecule has 0 radical (unpaired) electrons. The first-order chi connectivity index (χ1) is 20.3. The molecule has 2 aromatic heterocycles. The maximum atomic E-state index is 12.3. The number of carboxylic acids is 1. The molecule has 0 unspecified atom stereocenters. The number of aromatic nitrogens is 4. The lowest BCUT2D eigenvalue weighted by molar-refractivity contribution is -0.135. The van der Waals surface area contributed by atoms with Gasteiger partial charge in [-0.1, -0.05) is 60.7 Å². The number of anilines is 3. The monoisotopic (exact) mass is 582 g/mol. The van der Waals surface area contributed by atoms with E-state index in [-0.39, 0.29) is 4.90 Å². The molecule has 42 heavy (non-hydrogen) atoms. The van der Waals surface area contributed by atoms with Gasteiger partial charge in [-0.3, -0.25) is 14.8 Å². The number of para-hydroxylation sites is 1. The van der Waals surface area contributed by atoms with Crippen molar-refractivity contribution in [3.63, 3.8) is 0 Å². The number of carboxylic acid groups (broad SMARTS) is 1. The number of aliphatic carboxylic acids is 1. The molecular formula is C29H26N8O4S. The van der Waals surface area contributed by atoms with Gasteiger partial charge in [-0.25, -0.2) is 13.4 Å². The van der Waals surface area contributed by atoms with Crippen LogP contribution >= 0.6 is 0 Å². The van der Waals surface area contributed by atoms with Crippen molar-refractivity contribution in [1.82, 2.24) is 24.2 Å². The Morgan fingerprint density at radius 1 is 0.952 bits per heavy atom. The van der Waals surface area contributed by atoms with Crippen molar-refractivity contribution < 1.29 is 18.3 Å². The molecule has 2 heterocycles. The van der Waals surface area contributed by atoms with Gasteiger partial charge in [-0.05, 0) is 42.3 Å². The first-order valence-electron chi connectivity index (χ1n) is 12.7. The summed E-state index contributed by atoms with van der Waals surface area (Å²) in [5, 5.41) is 16.6. The molecule has 0 aliphatic rings. The van der Waals surface area contributed by atoms with Gasteiger partial charge in [0, 0.05) is 18.1 Å². The molecule has 0 spiro atoms. The lowest BCUT2D eigenvalue weighted by Gasteiger charge is -2.16. The Kier molecular flexibility index (Phi) is 8.32. The van der Waals surface area contributed by atoms with Crippen LogP contribution < -0.4 is 15.5 Å². The molecular weight excluding hydrogens is 556 g/mol. The number of nitrogens with one attached hydrogen (secondary N) is 3. The second-order valence-corrected chi connectivity index (χ2v) is 10.7. The molecule has 0 bridgehead atoms. The molecule has 5 aromatic rings. The van der Waals surface area contributed by atoms with Gasteiger partial charge in [0.15, 0.2) is 11.6 Å². The number of imidazole rings is 1. The third kappa shape index (κ3) is 6.66. The van der Waals surface area contributed by atoms with E-state index < -0.39 is 22.5 Å². The zero-order valence-corrected chi connectivity index (χ0v) is 23.2. The Labute approximate surface area is 241 Å². The number of nitrogens with zero attached hydrogens (tertiary/aromatic N) is 5. The van der Waals surface area contributed by atoms with Crippen molar-refractivity contribution in [1.29, 1.82) is 0 Å². The van der Waals surface area contributed by atoms with Crippen LogP contribution in [0, 0.1) is 0 Å². The van der Waals surface area contributed by atoms with Gasteiger partial charge in [-0.15, -0.1) is 0 Å². The van der Waals surface area contributed by atoms with Crippen LogP contribution in [0.1, 0.15) is 12.5 Å². The summed E-state index contributed by atoms with van der Waals surface area (Å²) >= 11 is 0. The number of hydrogen-bond donors (Lipinski definition) is 4. The van der Waals surface area contributed by atoms with E-state index >= 15 is 0 Å². The van der Waals surface area contributed by atoms with Gasteiger partial charge in [0.2, 0.25) is 16.0 Å². The van der Waals surface area contributed by atoms with Gasteiger partial charge < -0.3 is 10.4 Å². The van der Waals surface area contributed by atoms with Crippen molar-refractivity contribution in [2.45, 2.75) is 11.8 Å². The fourth-order valence-corrected chi connectivity index (χ4v) is 4.97.